The van der Waals surface area contributed by atoms with Crippen molar-refractivity contribution in [2.75, 3.05) is 23.3 Å². The van der Waals surface area contributed by atoms with Crippen molar-refractivity contribution in [3.63, 3.8) is 0 Å². The molecular formula is C23H20N4O2S. The minimum Gasteiger partial charge on any atom is -0.321 e. The minimum atomic E-state index is -0.139. The second-order valence-electron chi connectivity index (χ2n) is 7.00. The number of nitriles is 1. The molecule has 0 bridgehead atoms. The molecule has 3 aromatic rings. The maximum absolute atomic E-state index is 13.0. The topological polar surface area (TPSA) is 76.4 Å². The zero-order valence-corrected chi connectivity index (χ0v) is 17.1. The quantitative estimate of drug-likeness (QED) is 0.655. The van der Waals surface area contributed by atoms with Crippen LogP contribution in [0.1, 0.15) is 27.2 Å². The second kappa shape index (κ2) is 8.80. The fraction of sp³-hybridized carbons (Fsp3) is 0.174. The summed E-state index contributed by atoms with van der Waals surface area (Å²) >= 11 is 1.39. The van der Waals surface area contributed by atoms with Gasteiger partial charge in [0.2, 0.25) is 0 Å². The van der Waals surface area contributed by atoms with Gasteiger partial charge in [-0.2, -0.15) is 5.26 Å². The van der Waals surface area contributed by atoms with Gasteiger partial charge in [0.1, 0.15) is 0 Å². The predicted molar refractivity (Wildman–Crippen MR) is 118 cm³/mol. The van der Waals surface area contributed by atoms with E-state index in [-0.39, 0.29) is 11.9 Å². The van der Waals surface area contributed by atoms with Gasteiger partial charge >= 0.3 is 6.03 Å². The third-order valence-corrected chi connectivity index (χ3v) is 5.82. The first-order valence-corrected chi connectivity index (χ1v) is 10.5. The number of urea groups is 1. The van der Waals surface area contributed by atoms with Gasteiger partial charge in [-0.05, 0) is 59.8 Å². The van der Waals surface area contributed by atoms with Gasteiger partial charge in [-0.15, -0.1) is 11.3 Å². The molecular weight excluding hydrogens is 396 g/mol. The molecule has 6 nitrogen and oxygen atoms in total. The molecule has 1 aliphatic heterocycles. The molecule has 0 radical (unpaired) electrons. The lowest BCUT2D eigenvalue weighted by molar-refractivity contribution is 0.103. The highest BCUT2D eigenvalue weighted by atomic mass is 32.1. The van der Waals surface area contributed by atoms with E-state index in [1.165, 1.54) is 11.3 Å². The lowest BCUT2D eigenvalue weighted by Crippen LogP contribution is -2.49. The molecule has 0 unspecified atom stereocenters. The van der Waals surface area contributed by atoms with Crippen molar-refractivity contribution in [1.82, 2.24) is 4.90 Å². The van der Waals surface area contributed by atoms with Crippen molar-refractivity contribution in [3.8, 4) is 6.07 Å². The average molecular weight is 417 g/mol. The van der Waals surface area contributed by atoms with Crippen LogP contribution in [0.15, 0.2) is 66.0 Å². The van der Waals surface area contributed by atoms with Crippen LogP contribution >= 0.6 is 11.3 Å². The standard InChI is InChI=1S/C23H20N4O2S/c24-15-17-4-6-18(7-5-17)16-26-12-2-13-27(23(26)29)20-10-8-19(9-11-20)25-22(28)21-3-1-14-30-21/h1,3-11,14H,2,12-13,16H2,(H,25,28). The zero-order chi connectivity index (χ0) is 20.9. The van der Waals surface area contributed by atoms with Crippen molar-refractivity contribution in [2.45, 2.75) is 13.0 Å². The molecule has 2 aromatic carbocycles. The van der Waals surface area contributed by atoms with Crippen molar-refractivity contribution < 1.29 is 9.59 Å². The number of nitrogens with one attached hydrogen (secondary N) is 1. The summed E-state index contributed by atoms with van der Waals surface area (Å²) in [4.78, 5) is 29.4. The summed E-state index contributed by atoms with van der Waals surface area (Å²) in [6, 6.07) is 20.3. The van der Waals surface area contributed by atoms with Crippen LogP contribution in [-0.4, -0.2) is 29.9 Å². The van der Waals surface area contributed by atoms with Gasteiger partial charge in [-0.25, -0.2) is 4.79 Å². The minimum absolute atomic E-state index is 0.0408. The van der Waals surface area contributed by atoms with Gasteiger partial charge in [0.25, 0.3) is 5.91 Å². The molecule has 0 aliphatic carbocycles. The average Bonchev–Trinajstić information content (AvgIpc) is 3.32. The van der Waals surface area contributed by atoms with E-state index in [0.717, 1.165) is 17.7 Å². The second-order valence-corrected chi connectivity index (χ2v) is 7.94. The van der Waals surface area contributed by atoms with E-state index in [4.69, 9.17) is 5.26 Å². The smallest absolute Gasteiger partial charge is 0.321 e. The number of benzene rings is 2. The van der Waals surface area contributed by atoms with Crippen LogP contribution in [-0.2, 0) is 6.54 Å². The SMILES string of the molecule is N#Cc1ccc(CN2CCCN(c3ccc(NC(=O)c4cccs4)cc3)C2=O)cc1. The summed E-state index contributed by atoms with van der Waals surface area (Å²) in [6.07, 6.45) is 0.874. The maximum Gasteiger partial charge on any atom is 0.324 e. The van der Waals surface area contributed by atoms with Gasteiger partial charge in [-0.1, -0.05) is 18.2 Å². The summed E-state index contributed by atoms with van der Waals surface area (Å²) in [5.41, 5.74) is 3.10. The molecule has 150 valence electrons. The number of thiophene rings is 1. The fourth-order valence-electron chi connectivity index (χ4n) is 3.40. The van der Waals surface area contributed by atoms with E-state index in [9.17, 15) is 9.59 Å². The molecule has 0 saturated carbocycles. The number of hydrogen-bond acceptors (Lipinski definition) is 4. The first-order chi connectivity index (χ1) is 14.6. The predicted octanol–water partition coefficient (Wildman–Crippen LogP) is 4.70. The lowest BCUT2D eigenvalue weighted by atomic mass is 10.1. The first-order valence-electron chi connectivity index (χ1n) is 9.64. The zero-order valence-electron chi connectivity index (χ0n) is 16.2. The highest BCUT2D eigenvalue weighted by molar-refractivity contribution is 7.12. The lowest BCUT2D eigenvalue weighted by Gasteiger charge is -2.35. The molecule has 1 saturated heterocycles. The number of anilines is 2. The number of nitrogens with zero attached hydrogens (tertiary/aromatic N) is 3. The molecule has 7 heteroatoms. The Hall–Kier alpha value is -3.63. The summed E-state index contributed by atoms with van der Waals surface area (Å²) in [5.74, 6) is -0.139. The van der Waals surface area contributed by atoms with Crippen molar-refractivity contribution in [1.29, 1.82) is 5.26 Å². The van der Waals surface area contributed by atoms with Crippen LogP contribution < -0.4 is 10.2 Å². The van der Waals surface area contributed by atoms with Crippen molar-refractivity contribution >= 4 is 34.6 Å². The fourth-order valence-corrected chi connectivity index (χ4v) is 4.02. The van der Waals surface area contributed by atoms with Crippen LogP contribution in [0.4, 0.5) is 16.2 Å². The summed E-state index contributed by atoms with van der Waals surface area (Å²) < 4.78 is 0. The Morgan fingerprint density at radius 1 is 1.07 bits per heavy atom. The molecule has 1 aliphatic rings. The Kier molecular flexibility index (Phi) is 5.77. The van der Waals surface area contributed by atoms with Gasteiger partial charge < -0.3 is 10.2 Å². The van der Waals surface area contributed by atoms with E-state index in [1.807, 2.05) is 52.7 Å². The number of carbonyl (C=O) groups is 2. The van der Waals surface area contributed by atoms with Crippen LogP contribution in [0, 0.1) is 11.3 Å². The van der Waals surface area contributed by atoms with E-state index >= 15 is 0 Å². The maximum atomic E-state index is 13.0. The largest absolute Gasteiger partial charge is 0.324 e. The van der Waals surface area contributed by atoms with Gasteiger partial charge in [0, 0.05) is 31.0 Å². The molecule has 1 N–H and O–H groups in total. The van der Waals surface area contributed by atoms with Gasteiger partial charge in [0.15, 0.2) is 0 Å². The van der Waals surface area contributed by atoms with Crippen LogP contribution in [0.5, 0.6) is 0 Å². The summed E-state index contributed by atoms with van der Waals surface area (Å²) in [7, 11) is 0. The number of rotatable bonds is 5. The van der Waals surface area contributed by atoms with Crippen LogP contribution in [0.25, 0.3) is 0 Å². The van der Waals surface area contributed by atoms with E-state index in [0.29, 0.717) is 35.8 Å². The Labute approximate surface area is 179 Å². The molecule has 4 rings (SSSR count). The normalized spacial score (nSPS) is 13.8. The van der Waals surface area contributed by atoms with Crippen molar-refractivity contribution in [2.24, 2.45) is 0 Å². The van der Waals surface area contributed by atoms with E-state index in [2.05, 4.69) is 11.4 Å². The number of carbonyl (C=O) groups excluding carboxylic acids is 2. The molecule has 0 spiro atoms. The van der Waals surface area contributed by atoms with Gasteiger partial charge in [0.05, 0.1) is 16.5 Å². The highest BCUT2D eigenvalue weighted by Gasteiger charge is 2.26. The molecule has 30 heavy (non-hydrogen) atoms. The van der Waals surface area contributed by atoms with Crippen LogP contribution in [0.2, 0.25) is 0 Å². The summed E-state index contributed by atoms with van der Waals surface area (Å²) in [5, 5.41) is 13.7. The van der Waals surface area contributed by atoms with Crippen LogP contribution in [0.3, 0.4) is 0 Å². The monoisotopic (exact) mass is 416 g/mol. The molecule has 3 amide bonds. The molecule has 1 aromatic heterocycles. The number of amides is 3. The molecule has 2 heterocycles. The van der Waals surface area contributed by atoms with Gasteiger partial charge in [-0.3, -0.25) is 9.69 Å². The van der Waals surface area contributed by atoms with Crippen molar-refractivity contribution in [3.05, 3.63) is 82.0 Å². The third kappa shape index (κ3) is 4.34. The molecule has 0 atom stereocenters. The highest BCUT2D eigenvalue weighted by Crippen LogP contribution is 2.24. The Bertz CT molecular complexity index is 1070. The van der Waals surface area contributed by atoms with E-state index in [1.54, 1.807) is 23.1 Å². The first kappa shape index (κ1) is 19.7. The Morgan fingerprint density at radius 2 is 1.83 bits per heavy atom. The third-order valence-electron chi connectivity index (χ3n) is 4.95. The summed E-state index contributed by atoms with van der Waals surface area (Å²) in [6.45, 7) is 1.86. The van der Waals surface area contributed by atoms with E-state index < -0.39 is 0 Å². The number of hydrogen-bond donors (Lipinski definition) is 1. The Morgan fingerprint density at radius 3 is 2.50 bits per heavy atom. The Balaban J connectivity index is 1.42. The molecule has 1 fully saturated rings.